The molecule has 0 saturated heterocycles. The van der Waals surface area contributed by atoms with Gasteiger partial charge >= 0.3 is 0 Å². The van der Waals surface area contributed by atoms with Crippen molar-refractivity contribution in [2.24, 2.45) is 0 Å². The molecule has 0 bridgehead atoms. The molecular weight excluding hydrogens is 657 g/mol. The van der Waals surface area contributed by atoms with Crippen LogP contribution in [0, 0.1) is 25.8 Å². The van der Waals surface area contributed by atoms with Gasteiger partial charge in [-0.1, -0.05) is 62.2 Å². The smallest absolute Gasteiger partial charge is 0.0896 e. The Morgan fingerprint density at radius 1 is 0.769 bits per heavy atom. The summed E-state index contributed by atoms with van der Waals surface area (Å²) in [5.41, 5.74) is 6.14. The fourth-order valence-corrected chi connectivity index (χ4v) is 4.67. The molecule has 0 spiro atoms. The molecule has 1 fully saturated rings. The third kappa shape index (κ3) is 7.16. The third-order valence-electron chi connectivity index (χ3n) is 6.78. The first-order chi connectivity index (χ1) is 20.9. The Bertz CT molecular complexity index is 1610. The van der Waals surface area contributed by atoms with Gasteiger partial charge in [0, 0.05) is 40.7 Å². The molecule has 0 unspecified atom stereocenters. The van der Waals surface area contributed by atoms with E-state index in [1.807, 2.05) is 36.5 Å². The molecule has 199 valence electrons. The van der Waals surface area contributed by atoms with Crippen LogP contribution in [-0.2, 0) is 25.7 Å². The monoisotopic (exact) mass is 695 g/mol. The Morgan fingerprint density at radius 2 is 1.54 bits per heavy atom. The van der Waals surface area contributed by atoms with E-state index >= 15 is 0 Å². The van der Waals surface area contributed by atoms with Crippen LogP contribution >= 0.6 is 0 Å². The van der Waals surface area contributed by atoms with E-state index in [1.54, 1.807) is 12.1 Å². The van der Waals surface area contributed by atoms with Gasteiger partial charge in [-0.25, -0.2) is 0 Å². The van der Waals surface area contributed by atoms with E-state index < -0.39 is 19.3 Å². The van der Waals surface area contributed by atoms with Crippen molar-refractivity contribution in [1.29, 1.82) is 0 Å². The topological polar surface area (TPSA) is 46.0 Å². The molecule has 1 N–H and O–H groups in total. The average molecular weight is 695 g/mol. The molecule has 39 heavy (non-hydrogen) atoms. The SMILES string of the molecule is OC1(c2ccc(-c3ccnc(-c4[c-]cccc4)c3)cc2)CCCC1.[2H]C([2H])([2H])c1c[c-]c(-c2ccc(C([2H])([2H])[2H])cn2)cc1.[Ir]. The van der Waals surface area contributed by atoms with Gasteiger partial charge in [0.2, 0.25) is 0 Å². The largest absolute Gasteiger partial charge is 0.385 e. The third-order valence-corrected chi connectivity index (χ3v) is 6.78. The Kier molecular flexibility index (Phi) is 7.18. The molecule has 1 aliphatic carbocycles. The number of pyridine rings is 2. The Labute approximate surface area is 253 Å². The molecule has 0 atom stereocenters. The van der Waals surface area contributed by atoms with E-state index in [0.29, 0.717) is 11.3 Å². The van der Waals surface area contributed by atoms with Crippen LogP contribution in [0.5, 0.6) is 0 Å². The first-order valence-corrected chi connectivity index (χ1v) is 12.7. The van der Waals surface area contributed by atoms with Crippen LogP contribution in [0.1, 0.15) is 50.6 Å². The summed E-state index contributed by atoms with van der Waals surface area (Å²) in [6, 6.07) is 34.0. The van der Waals surface area contributed by atoms with Crippen LogP contribution in [-0.4, -0.2) is 15.1 Å². The van der Waals surface area contributed by atoms with Gasteiger partial charge in [0.05, 0.1) is 5.60 Å². The van der Waals surface area contributed by atoms with Crippen molar-refractivity contribution in [2.45, 2.75) is 45.0 Å². The summed E-state index contributed by atoms with van der Waals surface area (Å²) >= 11 is 0. The van der Waals surface area contributed by atoms with Crippen LogP contribution in [0.25, 0.3) is 33.6 Å². The fraction of sp³-hybridized carbons (Fsp3) is 0.200. The van der Waals surface area contributed by atoms with Crippen LogP contribution < -0.4 is 0 Å². The maximum Gasteiger partial charge on any atom is 0.0896 e. The van der Waals surface area contributed by atoms with Gasteiger partial charge in [0.25, 0.3) is 0 Å². The number of nitrogens with zero attached hydrogens (tertiary/aromatic N) is 2. The predicted octanol–water partition coefficient (Wildman–Crippen LogP) is 8.14. The van der Waals surface area contributed by atoms with E-state index in [4.69, 9.17) is 8.22 Å². The summed E-state index contributed by atoms with van der Waals surface area (Å²) in [4.78, 5) is 8.53. The summed E-state index contributed by atoms with van der Waals surface area (Å²) < 4.78 is 43.6. The van der Waals surface area contributed by atoms with E-state index in [9.17, 15) is 5.11 Å². The Morgan fingerprint density at radius 3 is 2.18 bits per heavy atom. The zero-order valence-corrected chi connectivity index (χ0v) is 23.7. The van der Waals surface area contributed by atoms with Crippen LogP contribution in [0.2, 0.25) is 0 Å². The zero-order valence-electron chi connectivity index (χ0n) is 27.3. The minimum atomic E-state index is -2.18. The van der Waals surface area contributed by atoms with Crippen LogP contribution in [0.15, 0.2) is 103 Å². The molecule has 1 aliphatic rings. The Hall–Kier alpha value is -3.43. The molecule has 2 heterocycles. The second kappa shape index (κ2) is 13.1. The fourth-order valence-electron chi connectivity index (χ4n) is 4.67. The van der Waals surface area contributed by atoms with Gasteiger partial charge < -0.3 is 15.1 Å². The first kappa shape index (κ1) is 21.4. The molecule has 3 aromatic carbocycles. The van der Waals surface area contributed by atoms with E-state index in [-0.39, 0.29) is 31.2 Å². The van der Waals surface area contributed by atoms with Gasteiger partial charge in [-0.15, -0.1) is 71.3 Å². The number of hydrogen-bond acceptors (Lipinski definition) is 3. The molecule has 0 aliphatic heterocycles. The molecule has 0 amide bonds. The van der Waals surface area contributed by atoms with Crippen molar-refractivity contribution in [3.8, 4) is 33.6 Å². The predicted molar refractivity (Wildman–Crippen MR) is 154 cm³/mol. The van der Waals surface area contributed by atoms with Gasteiger partial charge in [-0.2, -0.15) is 0 Å². The quantitative estimate of drug-likeness (QED) is 0.193. The van der Waals surface area contributed by atoms with Gasteiger partial charge in [0.1, 0.15) is 0 Å². The minimum Gasteiger partial charge on any atom is -0.385 e. The normalized spacial score (nSPS) is 16.5. The second-order valence-corrected chi connectivity index (χ2v) is 9.45. The van der Waals surface area contributed by atoms with E-state index in [2.05, 4.69) is 52.4 Å². The summed E-state index contributed by atoms with van der Waals surface area (Å²) in [7, 11) is 0. The van der Waals surface area contributed by atoms with Gasteiger partial charge in [-0.05, 0) is 59.4 Å². The van der Waals surface area contributed by atoms with Crippen molar-refractivity contribution in [3.63, 3.8) is 0 Å². The number of rotatable bonds is 4. The number of aliphatic hydroxyl groups is 1. The van der Waals surface area contributed by atoms with Gasteiger partial charge in [-0.3, -0.25) is 0 Å². The molecule has 6 rings (SSSR count). The Balaban J connectivity index is 0.000000204. The maximum atomic E-state index is 10.7. The molecule has 4 heteroatoms. The molecule has 2 aromatic heterocycles. The minimum absolute atomic E-state index is 0. The van der Waals surface area contributed by atoms with Crippen LogP contribution in [0.4, 0.5) is 0 Å². The first-order valence-electron chi connectivity index (χ1n) is 15.7. The van der Waals surface area contributed by atoms with Crippen molar-refractivity contribution in [1.82, 2.24) is 9.97 Å². The van der Waals surface area contributed by atoms with Crippen molar-refractivity contribution in [2.75, 3.05) is 0 Å². The molecule has 5 aromatic rings. The number of aromatic nitrogens is 2. The summed E-state index contributed by atoms with van der Waals surface area (Å²) in [5, 5.41) is 10.7. The molecule has 1 radical (unpaired) electrons. The summed E-state index contributed by atoms with van der Waals surface area (Å²) in [5.74, 6) is 0. The van der Waals surface area contributed by atoms with E-state index in [0.717, 1.165) is 53.6 Å². The van der Waals surface area contributed by atoms with Gasteiger partial charge in [0.15, 0.2) is 0 Å². The van der Waals surface area contributed by atoms with E-state index in [1.165, 1.54) is 24.4 Å². The maximum absolute atomic E-state index is 10.7. The molecule has 1 saturated carbocycles. The number of hydrogen-bond donors (Lipinski definition) is 1. The van der Waals surface area contributed by atoms with Crippen molar-refractivity contribution >= 4 is 0 Å². The average Bonchev–Trinajstić information content (AvgIpc) is 3.49. The molecule has 3 nitrogen and oxygen atoms in total. The standard InChI is InChI=1S/C22H20NO.C13H12N.Ir/c24-22(13-4-5-14-22)20-10-8-17(9-11-20)19-12-15-23-21(16-19)18-6-2-1-3-7-18;1-10-3-6-12(7-4-10)13-8-5-11(2)9-14-13;/h1-3,6,8-12,15-16,24H,4-5,13-14H2;3-6,8-9H,1-2H3;/q2*-1;/i;1D3,2D3;. The summed E-state index contributed by atoms with van der Waals surface area (Å²) in [6.07, 6.45) is 7.10. The molecular formula is C35H32IrN2O-2. The number of aryl methyl sites for hydroxylation is 2. The van der Waals surface area contributed by atoms with Crippen molar-refractivity contribution in [3.05, 3.63) is 132 Å². The van der Waals surface area contributed by atoms with Crippen LogP contribution in [0.3, 0.4) is 0 Å². The summed E-state index contributed by atoms with van der Waals surface area (Å²) in [6.45, 7) is -4.34. The second-order valence-electron chi connectivity index (χ2n) is 9.45. The number of benzene rings is 3. The van der Waals surface area contributed by atoms with Crippen molar-refractivity contribution < 1.29 is 33.4 Å². The zero-order chi connectivity index (χ0) is 31.4.